The van der Waals surface area contributed by atoms with Crippen LogP contribution >= 0.6 is 11.3 Å². The molecule has 3 aromatic carbocycles. The molecule has 0 aliphatic heterocycles. The fourth-order valence-corrected chi connectivity index (χ4v) is 4.82. The number of nitrogens with one attached hydrogen (secondary N) is 1. The SMILES string of the molecule is COc1ccc(C(=O)N(Cc2cc(NC(=O)c3cccs3)ccc2N(C)C)[C@H](C)c2ccccc2)cc1. The number of carbonyl (C=O) groups is 2. The Bertz CT molecular complexity index is 1340. The van der Waals surface area contributed by atoms with Gasteiger partial charge in [-0.05, 0) is 72.0 Å². The zero-order chi connectivity index (χ0) is 26.4. The maximum Gasteiger partial charge on any atom is 0.265 e. The first kappa shape index (κ1) is 26.0. The summed E-state index contributed by atoms with van der Waals surface area (Å²) in [7, 11) is 5.55. The molecule has 7 heteroatoms. The highest BCUT2D eigenvalue weighted by molar-refractivity contribution is 7.12. The lowest BCUT2D eigenvalue weighted by Crippen LogP contribution is -2.33. The lowest BCUT2D eigenvalue weighted by Gasteiger charge is -2.32. The molecule has 0 saturated heterocycles. The summed E-state index contributed by atoms with van der Waals surface area (Å²) in [5, 5.41) is 4.87. The molecular formula is C30H31N3O3S. The zero-order valence-corrected chi connectivity index (χ0v) is 22.3. The molecule has 0 saturated carbocycles. The summed E-state index contributed by atoms with van der Waals surface area (Å²) in [6, 6.07) is 26.4. The van der Waals surface area contributed by atoms with Crippen LogP contribution in [0.15, 0.2) is 90.3 Å². The third kappa shape index (κ3) is 6.19. The maximum atomic E-state index is 13.9. The van der Waals surface area contributed by atoms with Gasteiger partial charge in [0.25, 0.3) is 11.8 Å². The smallest absolute Gasteiger partial charge is 0.265 e. The molecule has 1 N–H and O–H groups in total. The van der Waals surface area contributed by atoms with E-state index >= 15 is 0 Å². The molecule has 1 aromatic heterocycles. The number of hydrogen-bond acceptors (Lipinski definition) is 5. The Hall–Kier alpha value is -4.10. The van der Waals surface area contributed by atoms with Gasteiger partial charge in [0.05, 0.1) is 18.0 Å². The third-order valence-corrected chi connectivity index (χ3v) is 7.12. The Labute approximate surface area is 222 Å². The number of benzene rings is 3. The van der Waals surface area contributed by atoms with Crippen LogP contribution in [0, 0.1) is 0 Å². The van der Waals surface area contributed by atoms with E-state index in [-0.39, 0.29) is 17.9 Å². The summed E-state index contributed by atoms with van der Waals surface area (Å²) in [6.45, 7) is 2.39. The average molecular weight is 514 g/mol. The van der Waals surface area contributed by atoms with Gasteiger partial charge in [-0.2, -0.15) is 0 Å². The fraction of sp³-hybridized carbons (Fsp3) is 0.200. The molecule has 0 unspecified atom stereocenters. The van der Waals surface area contributed by atoms with Crippen LogP contribution in [0.25, 0.3) is 0 Å². The molecule has 1 heterocycles. The molecule has 37 heavy (non-hydrogen) atoms. The minimum Gasteiger partial charge on any atom is -0.497 e. The molecular weight excluding hydrogens is 482 g/mol. The highest BCUT2D eigenvalue weighted by atomic mass is 32.1. The first-order valence-electron chi connectivity index (χ1n) is 12.0. The van der Waals surface area contributed by atoms with Crippen LogP contribution in [0.5, 0.6) is 5.75 Å². The van der Waals surface area contributed by atoms with Crippen LogP contribution in [-0.4, -0.2) is 37.9 Å². The largest absolute Gasteiger partial charge is 0.497 e. The molecule has 0 radical (unpaired) electrons. The minimum atomic E-state index is -0.185. The highest BCUT2D eigenvalue weighted by Gasteiger charge is 2.25. The standard InChI is InChI=1S/C30H31N3O3S/c1-21(22-9-6-5-7-10-22)33(30(35)23-12-15-26(36-4)16-13-23)20-24-19-25(14-17-27(24)32(2)3)31-29(34)28-11-8-18-37-28/h5-19,21H,20H2,1-4H3,(H,31,34)/t21-/m1/s1. The van der Waals surface area contributed by atoms with Crippen molar-refractivity contribution >= 4 is 34.5 Å². The van der Waals surface area contributed by atoms with Crippen molar-refractivity contribution in [2.24, 2.45) is 0 Å². The van der Waals surface area contributed by atoms with Crippen molar-refractivity contribution in [2.45, 2.75) is 19.5 Å². The summed E-state index contributed by atoms with van der Waals surface area (Å²) in [5.41, 5.74) is 4.21. The van der Waals surface area contributed by atoms with Crippen LogP contribution in [0.1, 0.15) is 44.1 Å². The van der Waals surface area contributed by atoms with Crippen molar-refractivity contribution in [1.82, 2.24) is 4.90 Å². The summed E-state index contributed by atoms with van der Waals surface area (Å²) in [6.07, 6.45) is 0. The maximum absolute atomic E-state index is 13.9. The van der Waals surface area contributed by atoms with Gasteiger partial charge in [0.1, 0.15) is 5.75 Å². The average Bonchev–Trinajstić information content (AvgIpc) is 3.47. The van der Waals surface area contributed by atoms with E-state index in [1.54, 1.807) is 37.4 Å². The monoisotopic (exact) mass is 513 g/mol. The van der Waals surface area contributed by atoms with E-state index in [1.807, 2.05) is 90.8 Å². The lowest BCUT2D eigenvalue weighted by molar-refractivity contribution is 0.0674. The zero-order valence-electron chi connectivity index (χ0n) is 21.5. The van der Waals surface area contributed by atoms with Gasteiger partial charge in [-0.1, -0.05) is 36.4 Å². The Morgan fingerprint density at radius 3 is 2.30 bits per heavy atom. The van der Waals surface area contributed by atoms with Crippen molar-refractivity contribution in [3.8, 4) is 5.75 Å². The molecule has 4 aromatic rings. The highest BCUT2D eigenvalue weighted by Crippen LogP contribution is 2.30. The van der Waals surface area contributed by atoms with Crippen molar-refractivity contribution in [1.29, 1.82) is 0 Å². The second-order valence-electron chi connectivity index (χ2n) is 8.92. The Kier molecular flexibility index (Phi) is 8.25. The number of ether oxygens (including phenoxy) is 1. The number of carbonyl (C=O) groups excluding carboxylic acids is 2. The normalized spacial score (nSPS) is 11.5. The van der Waals surface area contributed by atoms with Crippen LogP contribution in [0.4, 0.5) is 11.4 Å². The lowest BCUT2D eigenvalue weighted by atomic mass is 10.0. The van der Waals surface area contributed by atoms with Crippen molar-refractivity contribution < 1.29 is 14.3 Å². The van der Waals surface area contributed by atoms with E-state index < -0.39 is 0 Å². The number of anilines is 2. The Morgan fingerprint density at radius 1 is 0.946 bits per heavy atom. The Morgan fingerprint density at radius 2 is 1.68 bits per heavy atom. The molecule has 0 aliphatic rings. The van der Waals surface area contributed by atoms with E-state index in [4.69, 9.17) is 4.74 Å². The molecule has 1 atom stereocenters. The summed E-state index contributed by atoms with van der Waals surface area (Å²) >= 11 is 1.40. The molecule has 6 nitrogen and oxygen atoms in total. The van der Waals surface area contributed by atoms with Crippen molar-refractivity contribution in [2.75, 3.05) is 31.4 Å². The van der Waals surface area contributed by atoms with Gasteiger partial charge < -0.3 is 19.9 Å². The molecule has 0 bridgehead atoms. The molecule has 0 fully saturated rings. The van der Waals surface area contributed by atoms with Gasteiger partial charge in [-0.25, -0.2) is 0 Å². The summed E-state index contributed by atoms with van der Waals surface area (Å²) in [5.74, 6) is 0.461. The van der Waals surface area contributed by atoms with Gasteiger partial charge in [0.2, 0.25) is 0 Å². The summed E-state index contributed by atoms with van der Waals surface area (Å²) in [4.78, 5) is 31.1. The first-order chi connectivity index (χ1) is 17.9. The number of hydrogen-bond donors (Lipinski definition) is 1. The predicted octanol–water partition coefficient (Wildman–Crippen LogP) is 6.48. The fourth-order valence-electron chi connectivity index (χ4n) is 4.21. The van der Waals surface area contributed by atoms with Crippen molar-refractivity contribution in [3.05, 3.63) is 112 Å². The first-order valence-corrected chi connectivity index (χ1v) is 12.9. The van der Waals surface area contributed by atoms with Crippen molar-refractivity contribution in [3.63, 3.8) is 0 Å². The van der Waals surface area contributed by atoms with E-state index in [9.17, 15) is 9.59 Å². The molecule has 2 amide bonds. The van der Waals surface area contributed by atoms with Gasteiger partial charge in [0, 0.05) is 37.6 Å². The molecule has 0 aliphatic carbocycles. The molecule has 0 spiro atoms. The van der Waals surface area contributed by atoms with Crippen LogP contribution in [0.2, 0.25) is 0 Å². The van der Waals surface area contributed by atoms with Gasteiger partial charge in [-0.3, -0.25) is 9.59 Å². The molecule has 190 valence electrons. The number of rotatable bonds is 9. The number of thiophene rings is 1. The second-order valence-corrected chi connectivity index (χ2v) is 9.87. The van der Waals surface area contributed by atoms with E-state index in [0.717, 1.165) is 16.8 Å². The van der Waals surface area contributed by atoms with Crippen LogP contribution < -0.4 is 15.0 Å². The van der Waals surface area contributed by atoms with Crippen LogP contribution in [0.3, 0.4) is 0 Å². The van der Waals surface area contributed by atoms with E-state index in [0.29, 0.717) is 28.4 Å². The third-order valence-electron chi connectivity index (χ3n) is 6.25. The number of amides is 2. The predicted molar refractivity (Wildman–Crippen MR) is 151 cm³/mol. The molecule has 4 rings (SSSR count). The number of methoxy groups -OCH3 is 1. The van der Waals surface area contributed by atoms with Gasteiger partial charge >= 0.3 is 0 Å². The topological polar surface area (TPSA) is 61.9 Å². The Balaban J connectivity index is 1.70. The van der Waals surface area contributed by atoms with E-state index in [2.05, 4.69) is 5.32 Å². The van der Waals surface area contributed by atoms with Gasteiger partial charge in [0.15, 0.2) is 0 Å². The van der Waals surface area contributed by atoms with Crippen LogP contribution in [-0.2, 0) is 6.54 Å². The number of nitrogens with zero attached hydrogens (tertiary/aromatic N) is 2. The van der Waals surface area contributed by atoms with Gasteiger partial charge in [-0.15, -0.1) is 11.3 Å². The quantitative estimate of drug-likeness (QED) is 0.278. The second kappa shape index (κ2) is 11.8. The summed E-state index contributed by atoms with van der Waals surface area (Å²) < 4.78 is 5.27. The van der Waals surface area contributed by atoms with E-state index in [1.165, 1.54) is 11.3 Å². The minimum absolute atomic E-state index is 0.0864.